The molecule has 34 heavy (non-hydrogen) atoms. The topological polar surface area (TPSA) is 135 Å². The maximum Gasteiger partial charge on any atom is 0.272 e. The van der Waals surface area contributed by atoms with Crippen LogP contribution in [0.15, 0.2) is 23.5 Å². The largest absolute Gasteiger partial charge is 0.472 e. The summed E-state index contributed by atoms with van der Waals surface area (Å²) in [5, 5.41) is 10.6. The fourth-order valence-electron chi connectivity index (χ4n) is 4.68. The van der Waals surface area contributed by atoms with E-state index in [1.165, 1.54) is 21.4 Å². The molecule has 0 spiro atoms. The van der Waals surface area contributed by atoms with Crippen molar-refractivity contribution in [2.75, 3.05) is 36.4 Å². The van der Waals surface area contributed by atoms with Gasteiger partial charge in [-0.3, -0.25) is 14.4 Å². The maximum atomic E-state index is 13.2. The summed E-state index contributed by atoms with van der Waals surface area (Å²) in [6.45, 7) is 5.84. The highest BCUT2D eigenvalue weighted by molar-refractivity contribution is 7.89. The summed E-state index contributed by atoms with van der Waals surface area (Å²) in [6.07, 6.45) is 6.55. The summed E-state index contributed by atoms with van der Waals surface area (Å²) < 4.78 is 34.6. The molecule has 0 aromatic carbocycles. The van der Waals surface area contributed by atoms with E-state index in [1.54, 1.807) is 32.0 Å². The van der Waals surface area contributed by atoms with E-state index < -0.39 is 15.6 Å². The van der Waals surface area contributed by atoms with Gasteiger partial charge in [-0.2, -0.15) is 14.4 Å². The van der Waals surface area contributed by atoms with E-state index in [9.17, 15) is 13.2 Å². The number of hydrogen-bond acceptors (Lipinski definition) is 9. The minimum atomic E-state index is -3.56. The summed E-state index contributed by atoms with van der Waals surface area (Å²) in [4.78, 5) is 24.2. The average Bonchev–Trinajstić information content (AvgIpc) is 3.48. The number of hydrogen-bond donors (Lipinski definition) is 2. The zero-order valence-electron chi connectivity index (χ0n) is 19.6. The first kappa shape index (κ1) is 23.0. The number of sulfonamides is 1. The molecule has 5 heterocycles. The molecule has 1 unspecified atom stereocenters. The van der Waals surface area contributed by atoms with Crippen molar-refractivity contribution < 1.29 is 17.9 Å². The first-order valence-corrected chi connectivity index (χ1v) is 12.9. The molecule has 2 fully saturated rings. The highest BCUT2D eigenvalue weighted by Crippen LogP contribution is 2.38. The van der Waals surface area contributed by atoms with Crippen LogP contribution >= 0.6 is 0 Å². The van der Waals surface area contributed by atoms with Gasteiger partial charge in [-0.25, -0.2) is 13.4 Å². The third-order valence-corrected chi connectivity index (χ3v) is 8.42. The second-order valence-electron chi connectivity index (χ2n) is 9.49. The van der Waals surface area contributed by atoms with Gasteiger partial charge in [-0.05, 0) is 39.7 Å². The summed E-state index contributed by atoms with van der Waals surface area (Å²) in [7, 11) is -1.87. The van der Waals surface area contributed by atoms with Crippen molar-refractivity contribution in [2.45, 2.75) is 55.7 Å². The molecular formula is C21H30N8O4S. The van der Waals surface area contributed by atoms with Crippen LogP contribution in [-0.2, 0) is 21.9 Å². The van der Waals surface area contributed by atoms with Gasteiger partial charge < -0.3 is 15.4 Å². The number of ether oxygens (including phenoxy) is 1. The molecule has 1 amide bonds. The molecule has 1 atom stereocenters. The quantitative estimate of drug-likeness (QED) is 0.608. The van der Waals surface area contributed by atoms with Gasteiger partial charge in [0.05, 0.1) is 18.4 Å². The third kappa shape index (κ3) is 4.12. The van der Waals surface area contributed by atoms with Crippen LogP contribution in [0.25, 0.3) is 0 Å². The predicted molar refractivity (Wildman–Crippen MR) is 124 cm³/mol. The van der Waals surface area contributed by atoms with Gasteiger partial charge in [-0.15, -0.1) is 0 Å². The van der Waals surface area contributed by atoms with Crippen molar-refractivity contribution in [1.29, 1.82) is 0 Å². The van der Waals surface area contributed by atoms with Gasteiger partial charge in [0.1, 0.15) is 4.90 Å². The molecule has 0 saturated carbocycles. The van der Waals surface area contributed by atoms with Gasteiger partial charge in [0.2, 0.25) is 16.0 Å². The van der Waals surface area contributed by atoms with Crippen LogP contribution in [0.2, 0.25) is 0 Å². The molecule has 0 radical (unpaired) electrons. The van der Waals surface area contributed by atoms with Crippen LogP contribution in [0.3, 0.4) is 0 Å². The lowest BCUT2D eigenvalue weighted by Gasteiger charge is -2.40. The van der Waals surface area contributed by atoms with E-state index in [4.69, 9.17) is 4.74 Å². The Morgan fingerprint density at radius 2 is 1.97 bits per heavy atom. The van der Waals surface area contributed by atoms with Gasteiger partial charge in [0, 0.05) is 38.9 Å². The van der Waals surface area contributed by atoms with E-state index in [-0.39, 0.29) is 22.9 Å². The molecule has 5 rings (SSSR count). The smallest absolute Gasteiger partial charge is 0.272 e. The predicted octanol–water partition coefficient (Wildman–Crippen LogP) is 0.341. The minimum absolute atomic E-state index is 0.0108. The number of rotatable bonds is 5. The van der Waals surface area contributed by atoms with E-state index in [2.05, 4.69) is 25.7 Å². The Morgan fingerprint density at radius 3 is 2.62 bits per heavy atom. The summed E-state index contributed by atoms with van der Waals surface area (Å²) in [5.74, 6) is 1.25. The lowest BCUT2D eigenvalue weighted by atomic mass is 10.0. The monoisotopic (exact) mass is 490 g/mol. The Morgan fingerprint density at radius 1 is 1.21 bits per heavy atom. The zero-order chi connectivity index (χ0) is 24.1. The normalized spacial score (nSPS) is 23.6. The third-order valence-electron chi connectivity index (χ3n) is 6.57. The number of piperidine rings is 1. The van der Waals surface area contributed by atoms with Gasteiger partial charge in [-0.1, -0.05) is 0 Å². The van der Waals surface area contributed by atoms with Crippen molar-refractivity contribution in [3.63, 3.8) is 0 Å². The van der Waals surface area contributed by atoms with Crippen LogP contribution in [-0.4, -0.2) is 82.2 Å². The Labute approximate surface area is 198 Å². The lowest BCUT2D eigenvalue weighted by molar-refractivity contribution is -0.133. The number of carbonyl (C=O) groups excluding carboxylic acids is 1. The van der Waals surface area contributed by atoms with Gasteiger partial charge in [0.15, 0.2) is 17.2 Å². The van der Waals surface area contributed by atoms with Crippen LogP contribution in [0, 0.1) is 0 Å². The van der Waals surface area contributed by atoms with Crippen LogP contribution in [0.4, 0.5) is 11.8 Å². The average molecular weight is 491 g/mol. The van der Waals surface area contributed by atoms with E-state index in [0.29, 0.717) is 50.0 Å². The first-order chi connectivity index (χ1) is 16.1. The number of carbonyl (C=O) groups is 1. The number of fused-ring (bicyclic) bond motifs is 1. The fourth-order valence-corrected chi connectivity index (χ4v) is 6.14. The van der Waals surface area contributed by atoms with Gasteiger partial charge in [0.25, 0.3) is 5.91 Å². The number of amides is 1. The van der Waals surface area contributed by atoms with Crippen molar-refractivity contribution in [3.8, 4) is 5.75 Å². The fraction of sp³-hybridized carbons (Fsp3) is 0.619. The van der Waals surface area contributed by atoms with Crippen molar-refractivity contribution >= 4 is 27.7 Å². The first-order valence-electron chi connectivity index (χ1n) is 11.5. The van der Waals surface area contributed by atoms with Crippen LogP contribution < -0.4 is 20.3 Å². The van der Waals surface area contributed by atoms with E-state index in [0.717, 1.165) is 13.0 Å². The summed E-state index contributed by atoms with van der Waals surface area (Å²) in [5.41, 5.74) is -0.986. The van der Waals surface area contributed by atoms with E-state index in [1.807, 2.05) is 0 Å². The van der Waals surface area contributed by atoms with Gasteiger partial charge >= 0.3 is 0 Å². The number of anilines is 2. The molecule has 2 aromatic heterocycles. The lowest BCUT2D eigenvalue weighted by Crippen LogP contribution is -2.57. The standard InChI is InChI=1S/C21H30N8O4S/c1-21(2)19(30)29(15-4-7-22-10-15)18-17(33-21)12-23-20(26-18)25-14-5-8-28(9-6-14)34(31,32)16-11-24-27(3)13-16/h11-15,22H,4-10H2,1-3H3,(H,23,25,26). The maximum absolute atomic E-state index is 13.2. The molecule has 0 bridgehead atoms. The summed E-state index contributed by atoms with van der Waals surface area (Å²) >= 11 is 0. The Kier molecular flexibility index (Phi) is 5.73. The second-order valence-corrected chi connectivity index (χ2v) is 11.4. The second kappa shape index (κ2) is 8.47. The molecule has 2 aromatic rings. The highest BCUT2D eigenvalue weighted by Gasteiger charge is 2.45. The molecule has 3 aliphatic rings. The molecule has 184 valence electrons. The Bertz CT molecular complexity index is 1180. The van der Waals surface area contributed by atoms with Crippen molar-refractivity contribution in [1.82, 2.24) is 29.4 Å². The van der Waals surface area contributed by atoms with E-state index >= 15 is 0 Å². The number of aryl methyl sites for hydroxylation is 1. The minimum Gasteiger partial charge on any atom is -0.472 e. The molecule has 3 aliphatic heterocycles. The molecule has 0 aliphatic carbocycles. The van der Waals surface area contributed by atoms with Crippen molar-refractivity contribution in [2.24, 2.45) is 7.05 Å². The molecule has 13 heteroatoms. The van der Waals surface area contributed by atoms with Crippen molar-refractivity contribution in [3.05, 3.63) is 18.6 Å². The Balaban J connectivity index is 1.30. The number of aromatic nitrogens is 4. The SMILES string of the molecule is Cn1cc(S(=O)(=O)N2CCC(Nc3ncc4c(n3)N(C3CCNC3)C(=O)C(C)(C)O4)CC2)cn1. The van der Waals surface area contributed by atoms with Crippen LogP contribution in [0.1, 0.15) is 33.1 Å². The zero-order valence-corrected chi connectivity index (χ0v) is 20.4. The number of nitrogens with zero attached hydrogens (tertiary/aromatic N) is 6. The summed E-state index contributed by atoms with van der Waals surface area (Å²) in [6, 6.07) is 0.0229. The molecule has 2 saturated heterocycles. The van der Waals surface area contributed by atoms with Crippen LogP contribution in [0.5, 0.6) is 5.75 Å². The Hall–Kier alpha value is -2.77. The molecule has 2 N–H and O–H groups in total. The number of nitrogens with one attached hydrogen (secondary N) is 2. The molecule has 12 nitrogen and oxygen atoms in total. The highest BCUT2D eigenvalue weighted by atomic mass is 32.2. The molecular weight excluding hydrogens is 460 g/mol.